The zero-order valence-corrected chi connectivity index (χ0v) is 17.5. The first kappa shape index (κ1) is 21.4. The van der Waals surface area contributed by atoms with Gasteiger partial charge in [-0.25, -0.2) is 0 Å². The van der Waals surface area contributed by atoms with E-state index in [-0.39, 0.29) is 6.04 Å². The van der Waals surface area contributed by atoms with E-state index in [9.17, 15) is 9.59 Å². The number of anilines is 2. The Hall–Kier alpha value is -2.86. The molecule has 1 atom stereocenters. The molecule has 2 amide bonds. The third-order valence-corrected chi connectivity index (χ3v) is 4.72. The second-order valence-electron chi connectivity index (χ2n) is 7.45. The van der Waals surface area contributed by atoms with Gasteiger partial charge in [0.25, 0.3) is 0 Å². The minimum absolute atomic E-state index is 0.0336. The van der Waals surface area contributed by atoms with Crippen LogP contribution >= 0.6 is 0 Å². The standard InChI is InChI=1S/C22H30N4O2/c1-15-7-8-16(2)19(13-15)24-22(28)21(27)23-14-20(26(5)6)17-9-11-18(12-10-17)25(3)4/h7-13,20H,14H2,1-6H3,(H,23,27)(H,24,28). The van der Waals surface area contributed by atoms with Crippen molar-refractivity contribution in [3.63, 3.8) is 0 Å². The summed E-state index contributed by atoms with van der Waals surface area (Å²) < 4.78 is 0. The molecule has 2 rings (SSSR count). The molecule has 0 fully saturated rings. The van der Waals surface area contributed by atoms with Gasteiger partial charge in [-0.3, -0.25) is 9.59 Å². The fraction of sp³-hybridized carbons (Fsp3) is 0.364. The first-order valence-corrected chi connectivity index (χ1v) is 9.29. The molecule has 6 nitrogen and oxygen atoms in total. The molecule has 2 N–H and O–H groups in total. The van der Waals surface area contributed by atoms with E-state index in [1.807, 2.05) is 94.3 Å². The van der Waals surface area contributed by atoms with Crippen LogP contribution in [0.1, 0.15) is 22.7 Å². The monoisotopic (exact) mass is 382 g/mol. The molecule has 0 spiro atoms. The van der Waals surface area contributed by atoms with Crippen LogP contribution in [-0.2, 0) is 9.59 Å². The lowest BCUT2D eigenvalue weighted by molar-refractivity contribution is -0.136. The van der Waals surface area contributed by atoms with E-state index in [0.29, 0.717) is 12.2 Å². The molecule has 0 radical (unpaired) electrons. The Bertz CT molecular complexity index is 829. The molecule has 6 heteroatoms. The first-order chi connectivity index (χ1) is 13.2. The van der Waals surface area contributed by atoms with Gasteiger partial charge in [0.15, 0.2) is 0 Å². The lowest BCUT2D eigenvalue weighted by atomic mass is 10.1. The number of hydrogen-bond donors (Lipinski definition) is 2. The van der Waals surface area contributed by atoms with E-state index >= 15 is 0 Å². The third kappa shape index (κ3) is 5.57. The quantitative estimate of drug-likeness (QED) is 0.754. The summed E-state index contributed by atoms with van der Waals surface area (Å²) in [6, 6.07) is 13.9. The zero-order chi connectivity index (χ0) is 20.8. The van der Waals surface area contributed by atoms with E-state index in [4.69, 9.17) is 0 Å². The SMILES string of the molecule is Cc1ccc(C)c(NC(=O)C(=O)NCC(c2ccc(N(C)C)cc2)N(C)C)c1. The number of carbonyl (C=O) groups excluding carboxylic acids is 2. The molecular weight excluding hydrogens is 352 g/mol. The van der Waals surface area contributed by atoms with Crippen molar-refractivity contribution in [3.05, 3.63) is 59.2 Å². The lowest BCUT2D eigenvalue weighted by Gasteiger charge is -2.25. The van der Waals surface area contributed by atoms with Crippen molar-refractivity contribution in [3.8, 4) is 0 Å². The van der Waals surface area contributed by atoms with Crippen LogP contribution in [-0.4, -0.2) is 51.4 Å². The van der Waals surface area contributed by atoms with Gasteiger partial charge in [0.1, 0.15) is 0 Å². The first-order valence-electron chi connectivity index (χ1n) is 9.29. The van der Waals surface area contributed by atoms with Gasteiger partial charge >= 0.3 is 11.8 Å². The minimum atomic E-state index is -0.658. The van der Waals surface area contributed by atoms with E-state index < -0.39 is 11.8 Å². The Kier molecular flexibility index (Phi) is 7.18. The second kappa shape index (κ2) is 9.37. The summed E-state index contributed by atoms with van der Waals surface area (Å²) in [6.45, 7) is 4.18. The number of carbonyl (C=O) groups is 2. The molecule has 2 aromatic rings. The Morgan fingerprint density at radius 2 is 1.57 bits per heavy atom. The van der Waals surface area contributed by atoms with Gasteiger partial charge in [-0.1, -0.05) is 24.3 Å². The van der Waals surface area contributed by atoms with Gasteiger partial charge in [0.2, 0.25) is 0 Å². The number of likely N-dealkylation sites (N-methyl/N-ethyl adjacent to an activating group) is 1. The fourth-order valence-corrected chi connectivity index (χ4v) is 2.91. The van der Waals surface area contributed by atoms with Crippen LogP contribution < -0.4 is 15.5 Å². The third-order valence-electron chi connectivity index (χ3n) is 4.72. The molecule has 2 aromatic carbocycles. The molecule has 0 saturated heterocycles. The van der Waals surface area contributed by atoms with Crippen LogP contribution in [0.15, 0.2) is 42.5 Å². The molecule has 150 valence electrons. The molecule has 28 heavy (non-hydrogen) atoms. The van der Waals surface area contributed by atoms with Crippen molar-refractivity contribution in [2.75, 3.05) is 45.0 Å². The van der Waals surface area contributed by atoms with Gasteiger partial charge in [-0.15, -0.1) is 0 Å². The average molecular weight is 383 g/mol. The van der Waals surface area contributed by atoms with Crippen molar-refractivity contribution in [1.29, 1.82) is 0 Å². The molecule has 0 aliphatic carbocycles. The number of aryl methyl sites for hydroxylation is 2. The number of nitrogens with zero attached hydrogens (tertiary/aromatic N) is 2. The van der Waals surface area contributed by atoms with E-state index in [0.717, 1.165) is 22.4 Å². The molecule has 0 bridgehead atoms. The van der Waals surface area contributed by atoms with Crippen LogP contribution in [0.3, 0.4) is 0 Å². The summed E-state index contributed by atoms with van der Waals surface area (Å²) in [5.74, 6) is -1.30. The maximum atomic E-state index is 12.3. The van der Waals surface area contributed by atoms with E-state index in [2.05, 4.69) is 10.6 Å². The average Bonchev–Trinajstić information content (AvgIpc) is 2.64. The fourth-order valence-electron chi connectivity index (χ4n) is 2.91. The van der Waals surface area contributed by atoms with Crippen LogP contribution in [0.2, 0.25) is 0 Å². The molecule has 0 heterocycles. The minimum Gasteiger partial charge on any atom is -0.378 e. The van der Waals surface area contributed by atoms with Crippen molar-refractivity contribution < 1.29 is 9.59 Å². The zero-order valence-electron chi connectivity index (χ0n) is 17.5. The van der Waals surface area contributed by atoms with Crippen molar-refractivity contribution in [2.45, 2.75) is 19.9 Å². The maximum absolute atomic E-state index is 12.3. The summed E-state index contributed by atoms with van der Waals surface area (Å²) >= 11 is 0. The Morgan fingerprint density at radius 3 is 2.14 bits per heavy atom. The summed E-state index contributed by atoms with van der Waals surface area (Å²) in [5.41, 5.74) is 4.78. The van der Waals surface area contributed by atoms with Gasteiger partial charge < -0.3 is 20.4 Å². The highest BCUT2D eigenvalue weighted by molar-refractivity contribution is 6.39. The summed E-state index contributed by atoms with van der Waals surface area (Å²) in [6.07, 6.45) is 0. The highest BCUT2D eigenvalue weighted by atomic mass is 16.2. The molecule has 0 saturated carbocycles. The predicted molar refractivity (Wildman–Crippen MR) is 115 cm³/mol. The summed E-state index contributed by atoms with van der Waals surface area (Å²) in [4.78, 5) is 28.6. The van der Waals surface area contributed by atoms with Gasteiger partial charge in [0, 0.05) is 32.0 Å². The number of nitrogens with one attached hydrogen (secondary N) is 2. The number of hydrogen-bond acceptors (Lipinski definition) is 4. The lowest BCUT2D eigenvalue weighted by Crippen LogP contribution is -2.40. The predicted octanol–water partition coefficient (Wildman–Crippen LogP) is 2.73. The number of benzene rings is 2. The Labute approximate surface area is 167 Å². The Morgan fingerprint density at radius 1 is 0.929 bits per heavy atom. The van der Waals surface area contributed by atoms with Crippen LogP contribution in [0.25, 0.3) is 0 Å². The number of amides is 2. The number of rotatable bonds is 6. The summed E-state index contributed by atoms with van der Waals surface area (Å²) in [7, 11) is 7.89. The van der Waals surface area contributed by atoms with Gasteiger partial charge in [0.05, 0.1) is 6.04 Å². The van der Waals surface area contributed by atoms with Crippen LogP contribution in [0, 0.1) is 13.8 Å². The van der Waals surface area contributed by atoms with Crippen LogP contribution in [0.4, 0.5) is 11.4 Å². The summed E-state index contributed by atoms with van der Waals surface area (Å²) in [5, 5.41) is 5.44. The van der Waals surface area contributed by atoms with Gasteiger partial charge in [-0.05, 0) is 62.8 Å². The molecule has 0 aliphatic heterocycles. The van der Waals surface area contributed by atoms with E-state index in [1.165, 1.54) is 0 Å². The van der Waals surface area contributed by atoms with Crippen LogP contribution in [0.5, 0.6) is 0 Å². The van der Waals surface area contributed by atoms with Crippen molar-refractivity contribution >= 4 is 23.2 Å². The smallest absolute Gasteiger partial charge is 0.313 e. The van der Waals surface area contributed by atoms with Crippen molar-refractivity contribution in [1.82, 2.24) is 10.2 Å². The molecular formula is C22H30N4O2. The molecule has 0 aromatic heterocycles. The second-order valence-corrected chi connectivity index (χ2v) is 7.45. The van der Waals surface area contributed by atoms with E-state index in [1.54, 1.807) is 0 Å². The van der Waals surface area contributed by atoms with Gasteiger partial charge in [-0.2, -0.15) is 0 Å². The topological polar surface area (TPSA) is 64.7 Å². The molecule has 0 aliphatic rings. The maximum Gasteiger partial charge on any atom is 0.313 e. The highest BCUT2D eigenvalue weighted by Gasteiger charge is 2.19. The largest absolute Gasteiger partial charge is 0.378 e. The Balaban J connectivity index is 2.01. The molecule has 1 unspecified atom stereocenters. The normalized spacial score (nSPS) is 11.8. The highest BCUT2D eigenvalue weighted by Crippen LogP contribution is 2.21. The van der Waals surface area contributed by atoms with Crippen molar-refractivity contribution in [2.24, 2.45) is 0 Å².